The molecule has 4 heteroatoms. The molecule has 0 bridgehead atoms. The molecule has 3 nitrogen and oxygen atoms in total. The number of hydrogen-bond acceptors (Lipinski definition) is 3. The molecule has 0 saturated carbocycles. The molecule has 90 valence electrons. The predicted octanol–water partition coefficient (Wildman–Crippen LogP) is 2.52. The largest absolute Gasteiger partial charge is 0.341 e. The Morgan fingerprint density at radius 2 is 1.88 bits per heavy atom. The summed E-state index contributed by atoms with van der Waals surface area (Å²) in [5.41, 5.74) is -0.194. The van der Waals surface area contributed by atoms with Crippen molar-refractivity contribution in [2.45, 2.75) is 46.1 Å². The van der Waals surface area contributed by atoms with Gasteiger partial charge in [0.1, 0.15) is 6.04 Å². The van der Waals surface area contributed by atoms with Crippen LogP contribution in [0.3, 0.4) is 0 Å². The van der Waals surface area contributed by atoms with Gasteiger partial charge in [-0.15, -0.1) is 0 Å². The van der Waals surface area contributed by atoms with E-state index >= 15 is 0 Å². The molecule has 0 radical (unpaired) electrons. The lowest BCUT2D eigenvalue weighted by atomic mass is 9.86. The van der Waals surface area contributed by atoms with Gasteiger partial charge >= 0.3 is 0 Å². The second-order valence-corrected chi connectivity index (χ2v) is 5.56. The average molecular weight is 240 g/mol. The molecule has 1 saturated heterocycles. The minimum Gasteiger partial charge on any atom is -0.341 e. The third-order valence-electron chi connectivity index (χ3n) is 2.90. The van der Waals surface area contributed by atoms with Gasteiger partial charge in [0.25, 0.3) is 0 Å². The van der Waals surface area contributed by atoms with Crippen LogP contribution < -0.4 is 0 Å². The van der Waals surface area contributed by atoms with Crippen LogP contribution in [-0.2, 0) is 4.79 Å². The molecule has 16 heavy (non-hydrogen) atoms. The number of isothiocyanates is 1. The molecule has 1 atom stereocenters. The van der Waals surface area contributed by atoms with E-state index in [1.807, 2.05) is 25.7 Å². The zero-order valence-electron chi connectivity index (χ0n) is 10.3. The van der Waals surface area contributed by atoms with E-state index in [9.17, 15) is 4.79 Å². The summed E-state index contributed by atoms with van der Waals surface area (Å²) in [6, 6.07) is -0.386. The summed E-state index contributed by atoms with van der Waals surface area (Å²) in [7, 11) is 0. The summed E-state index contributed by atoms with van der Waals surface area (Å²) in [5.74, 6) is 0.101. The van der Waals surface area contributed by atoms with Crippen molar-refractivity contribution in [3.05, 3.63) is 0 Å². The third kappa shape index (κ3) is 3.39. The zero-order chi connectivity index (χ0) is 12.2. The number of carbonyl (C=O) groups excluding carboxylic acids is 1. The molecule has 0 aromatic rings. The van der Waals surface area contributed by atoms with Gasteiger partial charge in [0, 0.05) is 13.1 Å². The maximum Gasteiger partial charge on any atom is 0.248 e. The fourth-order valence-corrected chi connectivity index (χ4v) is 2.06. The van der Waals surface area contributed by atoms with Crippen molar-refractivity contribution in [3.8, 4) is 0 Å². The van der Waals surface area contributed by atoms with E-state index in [-0.39, 0.29) is 17.4 Å². The Kier molecular flexibility index (Phi) is 4.63. The minimum absolute atomic E-state index is 0.101. The van der Waals surface area contributed by atoms with Crippen LogP contribution in [0.5, 0.6) is 0 Å². The maximum atomic E-state index is 12.3. The average Bonchev–Trinajstić information content (AvgIpc) is 2.25. The Morgan fingerprint density at radius 3 is 2.31 bits per heavy atom. The molecule has 1 aliphatic heterocycles. The highest BCUT2D eigenvalue weighted by molar-refractivity contribution is 7.78. The van der Waals surface area contributed by atoms with Gasteiger partial charge < -0.3 is 4.90 Å². The lowest BCUT2D eigenvalue weighted by Crippen LogP contribution is -2.46. The Balaban J connectivity index is 2.77. The number of likely N-dealkylation sites (tertiary alicyclic amines) is 1. The number of hydrogen-bond donors (Lipinski definition) is 0. The lowest BCUT2D eigenvalue weighted by Gasteiger charge is -2.33. The van der Waals surface area contributed by atoms with Crippen LogP contribution in [0.1, 0.15) is 40.0 Å². The number of amides is 1. The SMILES string of the molecule is CC(C)(C)[C@H](N=C=S)C(=O)N1CCCCC1. The first-order valence-corrected chi connectivity index (χ1v) is 6.23. The van der Waals surface area contributed by atoms with Gasteiger partial charge in [0.15, 0.2) is 0 Å². The van der Waals surface area contributed by atoms with Crippen molar-refractivity contribution in [2.75, 3.05) is 13.1 Å². The molecule has 1 heterocycles. The second kappa shape index (κ2) is 5.55. The summed E-state index contributed by atoms with van der Waals surface area (Å²) in [5, 5.41) is 2.36. The van der Waals surface area contributed by atoms with Crippen LogP contribution in [0.2, 0.25) is 0 Å². The topological polar surface area (TPSA) is 32.7 Å². The highest BCUT2D eigenvalue weighted by Gasteiger charge is 2.34. The van der Waals surface area contributed by atoms with E-state index in [2.05, 4.69) is 22.4 Å². The fraction of sp³-hybridized carbons (Fsp3) is 0.833. The quantitative estimate of drug-likeness (QED) is 0.549. The second-order valence-electron chi connectivity index (χ2n) is 5.37. The van der Waals surface area contributed by atoms with Gasteiger partial charge in [0.05, 0.1) is 5.16 Å². The number of aliphatic imine (C=N–C) groups is 1. The summed E-state index contributed by atoms with van der Waals surface area (Å²) in [6.45, 7) is 7.75. The van der Waals surface area contributed by atoms with Gasteiger partial charge in [-0.05, 0) is 36.9 Å². The molecule has 0 unspecified atom stereocenters. The molecule has 1 rings (SSSR count). The minimum atomic E-state index is -0.386. The zero-order valence-corrected chi connectivity index (χ0v) is 11.1. The first-order chi connectivity index (χ1) is 7.46. The summed E-state index contributed by atoms with van der Waals surface area (Å²) >= 11 is 4.63. The van der Waals surface area contributed by atoms with Crippen molar-refractivity contribution in [1.82, 2.24) is 4.90 Å². The Hall–Kier alpha value is -0.730. The Labute approximate surface area is 103 Å². The summed E-state index contributed by atoms with van der Waals surface area (Å²) in [6.07, 6.45) is 3.42. The van der Waals surface area contributed by atoms with Crippen LogP contribution >= 0.6 is 12.2 Å². The Morgan fingerprint density at radius 1 is 1.31 bits per heavy atom. The van der Waals surface area contributed by atoms with Crippen molar-refractivity contribution in [1.29, 1.82) is 0 Å². The van der Waals surface area contributed by atoms with Gasteiger partial charge in [0.2, 0.25) is 5.91 Å². The van der Waals surface area contributed by atoms with E-state index in [0.29, 0.717) is 0 Å². The van der Waals surface area contributed by atoms with Crippen molar-refractivity contribution >= 4 is 23.3 Å². The molecule has 1 fully saturated rings. The molecule has 1 aliphatic rings. The molecule has 0 aromatic heterocycles. The van der Waals surface area contributed by atoms with Crippen LogP contribution in [0.15, 0.2) is 4.99 Å². The van der Waals surface area contributed by atoms with E-state index in [1.165, 1.54) is 6.42 Å². The lowest BCUT2D eigenvalue weighted by molar-refractivity contribution is -0.135. The van der Waals surface area contributed by atoms with Crippen LogP contribution in [0.25, 0.3) is 0 Å². The Bertz CT molecular complexity index is 297. The number of rotatable bonds is 2. The molecular formula is C12H20N2OS. The predicted molar refractivity (Wildman–Crippen MR) is 68.7 cm³/mol. The normalized spacial score (nSPS) is 18.8. The van der Waals surface area contributed by atoms with Crippen molar-refractivity contribution in [3.63, 3.8) is 0 Å². The maximum absolute atomic E-state index is 12.3. The monoisotopic (exact) mass is 240 g/mol. The molecule has 0 aliphatic carbocycles. The van der Waals surface area contributed by atoms with Gasteiger partial charge in [-0.3, -0.25) is 4.79 Å². The molecular weight excluding hydrogens is 220 g/mol. The van der Waals surface area contributed by atoms with E-state index in [1.54, 1.807) is 0 Å². The van der Waals surface area contributed by atoms with Gasteiger partial charge in [-0.2, -0.15) is 0 Å². The van der Waals surface area contributed by atoms with Crippen LogP contribution in [0, 0.1) is 5.41 Å². The first kappa shape index (κ1) is 13.3. The number of thiocarbonyl (C=S) groups is 1. The molecule has 0 aromatic carbocycles. The number of piperidine rings is 1. The highest BCUT2D eigenvalue weighted by Crippen LogP contribution is 2.25. The molecule has 0 N–H and O–H groups in total. The highest BCUT2D eigenvalue weighted by atomic mass is 32.1. The standard InChI is InChI=1S/C12H20N2OS/c1-12(2,3)10(13-9-16)11(15)14-7-5-4-6-8-14/h10H,4-8H2,1-3H3/t10-/m1/s1. The van der Waals surface area contributed by atoms with Crippen LogP contribution in [0.4, 0.5) is 0 Å². The van der Waals surface area contributed by atoms with Gasteiger partial charge in [-0.25, -0.2) is 4.99 Å². The van der Waals surface area contributed by atoms with E-state index in [0.717, 1.165) is 25.9 Å². The van der Waals surface area contributed by atoms with Crippen molar-refractivity contribution < 1.29 is 4.79 Å². The fourth-order valence-electron chi connectivity index (χ4n) is 1.96. The summed E-state index contributed by atoms with van der Waals surface area (Å²) < 4.78 is 0. The smallest absolute Gasteiger partial charge is 0.248 e. The van der Waals surface area contributed by atoms with E-state index < -0.39 is 0 Å². The van der Waals surface area contributed by atoms with Crippen LogP contribution in [-0.4, -0.2) is 35.1 Å². The molecule has 1 amide bonds. The number of nitrogens with zero attached hydrogens (tertiary/aromatic N) is 2. The molecule has 0 spiro atoms. The van der Waals surface area contributed by atoms with Gasteiger partial charge in [-0.1, -0.05) is 20.8 Å². The summed E-state index contributed by atoms with van der Waals surface area (Å²) in [4.78, 5) is 18.2. The third-order valence-corrected chi connectivity index (χ3v) is 3.01. The van der Waals surface area contributed by atoms with Crippen molar-refractivity contribution in [2.24, 2.45) is 10.4 Å². The number of carbonyl (C=O) groups is 1. The van der Waals surface area contributed by atoms with E-state index in [4.69, 9.17) is 0 Å². The first-order valence-electron chi connectivity index (χ1n) is 5.82.